The Morgan fingerprint density at radius 1 is 1.09 bits per heavy atom. The molecule has 0 saturated heterocycles. The van der Waals surface area contributed by atoms with Crippen LogP contribution in [0.5, 0.6) is 5.75 Å². The van der Waals surface area contributed by atoms with Crippen LogP contribution < -0.4 is 10.1 Å². The van der Waals surface area contributed by atoms with Gasteiger partial charge in [0.05, 0.1) is 6.54 Å². The Kier molecular flexibility index (Phi) is 5.20. The molecule has 122 valence electrons. The predicted molar refractivity (Wildman–Crippen MR) is 76.7 cm³/mol. The second kappa shape index (κ2) is 7.13. The van der Waals surface area contributed by atoms with Gasteiger partial charge in [0.2, 0.25) is 0 Å². The fraction of sp³-hybridized carbons (Fsp3) is 0.188. The average Bonchev–Trinajstić information content (AvgIpc) is 2.50. The molecule has 0 radical (unpaired) electrons. The lowest BCUT2D eigenvalue weighted by Gasteiger charge is -2.10. The summed E-state index contributed by atoms with van der Waals surface area (Å²) in [6, 6.07) is 12.0. The molecule has 0 unspecified atom stereocenters. The number of halogens is 4. The highest BCUT2D eigenvalue weighted by atomic mass is 19.4. The van der Waals surface area contributed by atoms with Crippen LogP contribution >= 0.6 is 0 Å². The predicted octanol–water partition coefficient (Wildman–Crippen LogP) is 3.95. The summed E-state index contributed by atoms with van der Waals surface area (Å²) in [6.45, 7) is -0.718. The summed E-state index contributed by atoms with van der Waals surface area (Å²) in [4.78, 5) is 10.8. The second-order valence-corrected chi connectivity index (χ2v) is 4.72. The van der Waals surface area contributed by atoms with Gasteiger partial charge in [-0.25, -0.2) is 4.39 Å². The van der Waals surface area contributed by atoms with E-state index >= 15 is 0 Å². The molecule has 0 fully saturated rings. The smallest absolute Gasteiger partial charge is 0.451 e. The van der Waals surface area contributed by atoms with E-state index in [2.05, 4.69) is 5.32 Å². The zero-order chi connectivity index (χ0) is 16.9. The van der Waals surface area contributed by atoms with Crippen molar-refractivity contribution < 1.29 is 27.1 Å². The monoisotopic (exact) mass is 327 g/mol. The summed E-state index contributed by atoms with van der Waals surface area (Å²) >= 11 is 0. The summed E-state index contributed by atoms with van der Waals surface area (Å²) in [6.07, 6.45) is -4.86. The van der Waals surface area contributed by atoms with Crippen LogP contribution in [0.4, 0.5) is 23.2 Å². The third-order valence-electron chi connectivity index (χ3n) is 2.90. The fourth-order valence-electron chi connectivity index (χ4n) is 1.78. The highest BCUT2D eigenvalue weighted by Gasteiger charge is 2.37. The van der Waals surface area contributed by atoms with Crippen molar-refractivity contribution in [3.8, 4) is 5.75 Å². The Bertz CT molecular complexity index is 686. The molecule has 2 aromatic carbocycles. The van der Waals surface area contributed by atoms with Crippen molar-refractivity contribution in [3.05, 3.63) is 59.9 Å². The third kappa shape index (κ3) is 5.28. The number of alkyl halides is 3. The van der Waals surface area contributed by atoms with Crippen molar-refractivity contribution in [2.24, 2.45) is 0 Å². The van der Waals surface area contributed by atoms with Gasteiger partial charge in [-0.15, -0.1) is 0 Å². The minimum atomic E-state index is -4.86. The van der Waals surface area contributed by atoms with Crippen LogP contribution in [0.25, 0.3) is 0 Å². The van der Waals surface area contributed by atoms with Crippen molar-refractivity contribution in [2.45, 2.75) is 12.8 Å². The average molecular weight is 327 g/mol. The normalized spacial score (nSPS) is 11.1. The summed E-state index contributed by atoms with van der Waals surface area (Å²) in [5.74, 6) is -1.93. The number of ether oxygens (including phenoxy) is 1. The lowest BCUT2D eigenvalue weighted by atomic mass is 10.2. The van der Waals surface area contributed by atoms with E-state index in [0.29, 0.717) is 17.0 Å². The molecule has 0 aliphatic carbocycles. The van der Waals surface area contributed by atoms with E-state index in [0.717, 1.165) is 0 Å². The van der Waals surface area contributed by atoms with Gasteiger partial charge >= 0.3 is 6.18 Å². The zero-order valence-electron chi connectivity index (χ0n) is 11.9. The van der Waals surface area contributed by atoms with Crippen LogP contribution in [0.3, 0.4) is 0 Å². The number of carbonyl (C=O) groups is 1. The molecule has 1 N–H and O–H groups in total. The summed E-state index contributed by atoms with van der Waals surface area (Å²) < 4.78 is 54.8. The van der Waals surface area contributed by atoms with Crippen LogP contribution in [-0.2, 0) is 11.4 Å². The third-order valence-corrected chi connectivity index (χ3v) is 2.90. The molecule has 0 bridgehead atoms. The maximum atomic E-state index is 13.0. The fourth-order valence-corrected chi connectivity index (χ4v) is 1.78. The maximum Gasteiger partial charge on any atom is 0.451 e. The highest BCUT2D eigenvalue weighted by Crippen LogP contribution is 2.18. The molecule has 0 aliphatic rings. The molecule has 0 heterocycles. The molecule has 0 spiro atoms. The Morgan fingerprint density at radius 3 is 2.52 bits per heavy atom. The largest absolute Gasteiger partial charge is 0.489 e. The number of hydrogen-bond donors (Lipinski definition) is 1. The van der Waals surface area contributed by atoms with E-state index in [9.17, 15) is 22.4 Å². The van der Waals surface area contributed by atoms with Gasteiger partial charge in [-0.1, -0.05) is 18.2 Å². The second-order valence-electron chi connectivity index (χ2n) is 4.72. The number of benzene rings is 2. The van der Waals surface area contributed by atoms with Gasteiger partial charge in [-0.05, 0) is 29.8 Å². The minimum absolute atomic E-state index is 0.117. The number of rotatable bonds is 6. The zero-order valence-corrected chi connectivity index (χ0v) is 11.9. The van der Waals surface area contributed by atoms with E-state index in [1.54, 1.807) is 24.3 Å². The minimum Gasteiger partial charge on any atom is -0.489 e. The van der Waals surface area contributed by atoms with Crippen molar-refractivity contribution in [1.29, 1.82) is 0 Å². The van der Waals surface area contributed by atoms with Crippen LogP contribution in [0, 0.1) is 5.82 Å². The quantitative estimate of drug-likeness (QED) is 0.817. The summed E-state index contributed by atoms with van der Waals surface area (Å²) in [7, 11) is 0. The first-order valence-electron chi connectivity index (χ1n) is 6.66. The molecule has 2 rings (SSSR count). The number of carbonyl (C=O) groups excluding carboxylic acids is 1. The van der Waals surface area contributed by atoms with Crippen molar-refractivity contribution >= 4 is 11.5 Å². The van der Waals surface area contributed by atoms with Crippen LogP contribution in [0.1, 0.15) is 5.56 Å². The molecule has 0 saturated carbocycles. The Morgan fingerprint density at radius 2 is 1.83 bits per heavy atom. The van der Waals surface area contributed by atoms with Gasteiger partial charge < -0.3 is 10.1 Å². The van der Waals surface area contributed by atoms with Gasteiger partial charge in [0.1, 0.15) is 18.2 Å². The molecular weight excluding hydrogens is 314 g/mol. The van der Waals surface area contributed by atoms with E-state index in [-0.39, 0.29) is 6.61 Å². The number of Topliss-reactive ketones (excluding diaryl/α,β-unsaturated/α-hetero) is 1. The van der Waals surface area contributed by atoms with Gasteiger partial charge in [-0.2, -0.15) is 13.2 Å². The Hall–Kier alpha value is -2.57. The molecular formula is C16H13F4NO2. The molecule has 0 aliphatic heterocycles. The van der Waals surface area contributed by atoms with Gasteiger partial charge in [0.25, 0.3) is 5.78 Å². The van der Waals surface area contributed by atoms with E-state index in [1.165, 1.54) is 24.3 Å². The number of anilines is 1. The first-order valence-corrected chi connectivity index (χ1v) is 6.66. The molecule has 3 nitrogen and oxygen atoms in total. The van der Waals surface area contributed by atoms with E-state index in [1.807, 2.05) is 0 Å². The number of hydrogen-bond acceptors (Lipinski definition) is 3. The van der Waals surface area contributed by atoms with Crippen molar-refractivity contribution in [1.82, 2.24) is 0 Å². The highest BCUT2D eigenvalue weighted by molar-refractivity contribution is 5.87. The van der Waals surface area contributed by atoms with Crippen LogP contribution in [-0.4, -0.2) is 18.5 Å². The SMILES string of the molecule is O=C(CNc1cccc(COc2cccc(F)c2)c1)C(F)(F)F. The lowest BCUT2D eigenvalue weighted by Crippen LogP contribution is -2.29. The number of ketones is 1. The number of nitrogens with one attached hydrogen (secondary N) is 1. The van der Waals surface area contributed by atoms with Gasteiger partial charge in [0, 0.05) is 11.8 Å². The standard InChI is InChI=1S/C16H13F4NO2/c17-12-4-2-6-14(8-12)23-10-11-3-1-5-13(7-11)21-9-15(22)16(18,19)20/h1-8,21H,9-10H2. The van der Waals surface area contributed by atoms with Gasteiger partial charge in [-0.3, -0.25) is 4.79 Å². The van der Waals surface area contributed by atoms with E-state index in [4.69, 9.17) is 4.74 Å². The topological polar surface area (TPSA) is 38.3 Å². The molecule has 0 amide bonds. The lowest BCUT2D eigenvalue weighted by molar-refractivity contribution is -0.168. The van der Waals surface area contributed by atoms with E-state index < -0.39 is 24.3 Å². The van der Waals surface area contributed by atoms with Crippen molar-refractivity contribution in [2.75, 3.05) is 11.9 Å². The van der Waals surface area contributed by atoms with Gasteiger partial charge in [0.15, 0.2) is 0 Å². The first-order chi connectivity index (χ1) is 10.8. The summed E-state index contributed by atoms with van der Waals surface area (Å²) in [5.41, 5.74) is 1.03. The van der Waals surface area contributed by atoms with Crippen LogP contribution in [0.15, 0.2) is 48.5 Å². The molecule has 23 heavy (non-hydrogen) atoms. The summed E-state index contributed by atoms with van der Waals surface area (Å²) in [5, 5.41) is 2.41. The molecule has 0 atom stereocenters. The Labute approximate surface area is 129 Å². The molecule has 0 aromatic heterocycles. The first kappa shape index (κ1) is 16.8. The van der Waals surface area contributed by atoms with Crippen molar-refractivity contribution in [3.63, 3.8) is 0 Å². The maximum absolute atomic E-state index is 13.0. The molecule has 2 aromatic rings. The molecule has 7 heteroatoms. The Balaban J connectivity index is 1.93. The van der Waals surface area contributed by atoms with Crippen LogP contribution in [0.2, 0.25) is 0 Å².